The number of carbonyl (C=O) groups excluding carboxylic acids is 2. The van der Waals surface area contributed by atoms with Crippen LogP contribution >= 0.6 is 11.6 Å². The quantitative estimate of drug-likeness (QED) is 0.459. The molecule has 0 saturated heterocycles. The predicted molar refractivity (Wildman–Crippen MR) is 103 cm³/mol. The maximum atomic E-state index is 12.1. The third-order valence-electron chi connectivity index (χ3n) is 3.37. The lowest BCUT2D eigenvalue weighted by Crippen LogP contribution is -2.28. The number of halogens is 1. The zero-order valence-corrected chi connectivity index (χ0v) is 15.5. The van der Waals surface area contributed by atoms with Gasteiger partial charge in [0.2, 0.25) is 0 Å². The number of hydrogen-bond acceptors (Lipinski definition) is 6. The molecule has 1 aromatic rings. The van der Waals surface area contributed by atoms with Gasteiger partial charge in [0.1, 0.15) is 12.3 Å². The van der Waals surface area contributed by atoms with E-state index < -0.39 is 12.1 Å². The summed E-state index contributed by atoms with van der Waals surface area (Å²) < 4.78 is 9.86. The minimum absolute atomic E-state index is 0.0699. The molecule has 1 aliphatic rings. The van der Waals surface area contributed by atoms with Gasteiger partial charge in [-0.1, -0.05) is 42.5 Å². The molecule has 8 heteroatoms. The number of hydrogen-bond donors (Lipinski definition) is 2. The Hall–Kier alpha value is -3.06. The van der Waals surface area contributed by atoms with E-state index in [1.54, 1.807) is 24.4 Å². The number of esters is 1. The number of alkyl carbamates (subject to hydrolysis) is 1. The van der Waals surface area contributed by atoms with Gasteiger partial charge in [-0.2, -0.15) is 5.10 Å². The highest BCUT2D eigenvalue weighted by atomic mass is 35.5. The van der Waals surface area contributed by atoms with E-state index >= 15 is 0 Å². The lowest BCUT2D eigenvalue weighted by molar-refractivity contribution is -0.136. The second-order valence-corrected chi connectivity index (χ2v) is 5.98. The summed E-state index contributed by atoms with van der Waals surface area (Å²) in [4.78, 5) is 24.1. The van der Waals surface area contributed by atoms with E-state index in [2.05, 4.69) is 15.8 Å². The molecule has 0 aromatic heterocycles. The fourth-order valence-electron chi connectivity index (χ4n) is 2.10. The summed E-state index contributed by atoms with van der Waals surface area (Å²) in [5.41, 5.74) is 4.15. The number of allylic oxidation sites excluding steroid dienone is 4. The van der Waals surface area contributed by atoms with Crippen molar-refractivity contribution < 1.29 is 19.1 Å². The number of ether oxygens (including phenoxy) is 2. The van der Waals surface area contributed by atoms with Crippen LogP contribution < -0.4 is 10.7 Å². The minimum atomic E-state index is -0.770. The number of carbonyl (C=O) groups is 2. The van der Waals surface area contributed by atoms with Crippen LogP contribution in [0.15, 0.2) is 71.0 Å². The Kier molecular flexibility index (Phi) is 8.12. The van der Waals surface area contributed by atoms with Crippen molar-refractivity contribution in [2.75, 3.05) is 13.7 Å². The standard InChI is InChI=1S/C19H20ClN3O4/c1-26-18(24)17(11-15-8-5-9-21-22-12-16(20)10-15)23-19(25)27-13-14-6-3-2-4-7-14/h2-11,16,22H,12-13H2,1H3,(H,23,25)/b8-5-,15-10+,17-11-,21-9+. The molecule has 7 nitrogen and oxygen atoms in total. The van der Waals surface area contributed by atoms with E-state index in [1.165, 1.54) is 13.2 Å². The van der Waals surface area contributed by atoms with Gasteiger partial charge in [-0.25, -0.2) is 9.59 Å². The third-order valence-corrected chi connectivity index (χ3v) is 3.65. The molecule has 0 fully saturated rings. The van der Waals surface area contributed by atoms with Crippen LogP contribution in [0.3, 0.4) is 0 Å². The Morgan fingerprint density at radius 2 is 2.15 bits per heavy atom. The Labute approximate surface area is 162 Å². The van der Waals surface area contributed by atoms with Crippen molar-refractivity contribution >= 4 is 29.9 Å². The third kappa shape index (κ3) is 7.37. The molecule has 1 unspecified atom stereocenters. The predicted octanol–water partition coefficient (Wildman–Crippen LogP) is 2.65. The Bertz CT molecular complexity index is 772. The van der Waals surface area contributed by atoms with Gasteiger partial charge in [-0.3, -0.25) is 5.32 Å². The van der Waals surface area contributed by atoms with Crippen LogP contribution in [0.2, 0.25) is 0 Å². The maximum Gasteiger partial charge on any atom is 0.412 e. The molecular weight excluding hydrogens is 370 g/mol. The molecule has 1 amide bonds. The number of hydrazone groups is 1. The fraction of sp³-hybridized carbons (Fsp3) is 0.211. The molecule has 1 heterocycles. The Morgan fingerprint density at radius 1 is 1.37 bits per heavy atom. The second kappa shape index (κ2) is 10.8. The number of nitrogens with one attached hydrogen (secondary N) is 2. The summed E-state index contributed by atoms with van der Waals surface area (Å²) in [5.74, 6) is -0.709. The van der Waals surface area contributed by atoms with Crippen molar-refractivity contribution in [2.45, 2.75) is 12.0 Å². The molecule has 0 radical (unpaired) electrons. The zero-order valence-electron chi connectivity index (χ0n) is 14.7. The number of benzene rings is 1. The number of amides is 1. The number of alkyl halides is 1. The first-order valence-electron chi connectivity index (χ1n) is 8.14. The number of nitrogens with zero attached hydrogens (tertiary/aromatic N) is 1. The van der Waals surface area contributed by atoms with Crippen molar-refractivity contribution in [3.63, 3.8) is 0 Å². The Morgan fingerprint density at radius 3 is 2.89 bits per heavy atom. The van der Waals surface area contributed by atoms with Crippen LogP contribution in [0, 0.1) is 0 Å². The molecule has 0 bridgehead atoms. The summed E-state index contributed by atoms with van der Waals surface area (Å²) in [6.07, 6.45) is 7.34. The SMILES string of the molecule is COC(=O)/C(=C/C1=C/C(Cl)CN/N=C/C=C\1)NC(=O)OCc1ccccc1. The van der Waals surface area contributed by atoms with Gasteiger partial charge < -0.3 is 14.9 Å². The van der Waals surface area contributed by atoms with Gasteiger partial charge in [0.25, 0.3) is 0 Å². The van der Waals surface area contributed by atoms with Gasteiger partial charge >= 0.3 is 12.1 Å². The molecule has 2 N–H and O–H groups in total. The molecule has 0 saturated carbocycles. The molecule has 0 spiro atoms. The van der Waals surface area contributed by atoms with Crippen LogP contribution in [-0.4, -0.2) is 37.3 Å². The summed E-state index contributed by atoms with van der Waals surface area (Å²) in [6.45, 7) is 0.493. The van der Waals surface area contributed by atoms with Crippen molar-refractivity contribution in [2.24, 2.45) is 5.10 Å². The monoisotopic (exact) mass is 389 g/mol. The van der Waals surface area contributed by atoms with Gasteiger partial charge in [-0.15, -0.1) is 11.6 Å². The summed E-state index contributed by atoms with van der Waals surface area (Å²) in [5, 5.41) is 5.98. The lowest BCUT2D eigenvalue weighted by atomic mass is 10.1. The second-order valence-electron chi connectivity index (χ2n) is 5.42. The normalized spacial score (nSPS) is 21.2. The molecule has 142 valence electrons. The molecule has 27 heavy (non-hydrogen) atoms. The van der Waals surface area contributed by atoms with E-state index in [0.29, 0.717) is 12.1 Å². The first kappa shape index (κ1) is 20.3. The zero-order chi connectivity index (χ0) is 19.5. The van der Waals surface area contributed by atoms with Crippen LogP contribution in [0.4, 0.5) is 4.79 Å². The van der Waals surface area contributed by atoms with Crippen molar-refractivity contribution in [3.8, 4) is 0 Å². The molecule has 2 rings (SSSR count). The van der Waals surface area contributed by atoms with E-state index in [4.69, 9.17) is 21.1 Å². The summed E-state index contributed by atoms with van der Waals surface area (Å²) in [7, 11) is 1.22. The molecular formula is C19H20ClN3O4. The topological polar surface area (TPSA) is 89.0 Å². The molecule has 1 aliphatic heterocycles. The average molecular weight is 390 g/mol. The van der Waals surface area contributed by atoms with E-state index in [1.807, 2.05) is 30.3 Å². The number of methoxy groups -OCH3 is 1. The Balaban J connectivity index is 2.11. The van der Waals surface area contributed by atoms with Crippen molar-refractivity contribution in [1.29, 1.82) is 0 Å². The highest BCUT2D eigenvalue weighted by Gasteiger charge is 2.15. The van der Waals surface area contributed by atoms with Crippen molar-refractivity contribution in [1.82, 2.24) is 10.7 Å². The van der Waals surface area contributed by atoms with Crippen molar-refractivity contribution in [3.05, 3.63) is 71.5 Å². The van der Waals surface area contributed by atoms with Crippen LogP contribution in [0.25, 0.3) is 0 Å². The maximum absolute atomic E-state index is 12.1. The van der Waals surface area contributed by atoms with Gasteiger partial charge in [0.15, 0.2) is 0 Å². The fourth-order valence-corrected chi connectivity index (χ4v) is 2.32. The highest BCUT2D eigenvalue weighted by Crippen LogP contribution is 2.10. The van der Waals surface area contributed by atoms with Gasteiger partial charge in [0, 0.05) is 6.21 Å². The van der Waals surface area contributed by atoms with E-state index in [-0.39, 0.29) is 17.7 Å². The first-order valence-corrected chi connectivity index (χ1v) is 8.58. The minimum Gasteiger partial charge on any atom is -0.464 e. The largest absolute Gasteiger partial charge is 0.464 e. The number of rotatable bonds is 5. The lowest BCUT2D eigenvalue weighted by Gasteiger charge is -2.10. The average Bonchev–Trinajstić information content (AvgIpc) is 2.77. The van der Waals surface area contributed by atoms with Crippen LogP contribution in [-0.2, 0) is 20.9 Å². The highest BCUT2D eigenvalue weighted by molar-refractivity contribution is 6.22. The molecule has 1 aromatic carbocycles. The van der Waals surface area contributed by atoms with E-state index in [9.17, 15) is 9.59 Å². The first-order chi connectivity index (χ1) is 13.1. The smallest absolute Gasteiger partial charge is 0.412 e. The summed E-state index contributed by atoms with van der Waals surface area (Å²) >= 11 is 6.18. The molecule has 1 atom stereocenters. The van der Waals surface area contributed by atoms with E-state index in [0.717, 1.165) is 5.56 Å². The van der Waals surface area contributed by atoms with Gasteiger partial charge in [-0.05, 0) is 23.3 Å². The summed E-state index contributed by atoms with van der Waals surface area (Å²) in [6, 6.07) is 9.20. The van der Waals surface area contributed by atoms with Crippen LogP contribution in [0.1, 0.15) is 5.56 Å². The van der Waals surface area contributed by atoms with Gasteiger partial charge in [0.05, 0.1) is 19.0 Å². The van der Waals surface area contributed by atoms with Crippen LogP contribution in [0.5, 0.6) is 0 Å². The molecule has 0 aliphatic carbocycles.